The summed E-state index contributed by atoms with van der Waals surface area (Å²) in [5.74, 6) is 2.92. The van der Waals surface area contributed by atoms with Gasteiger partial charge in [0.15, 0.2) is 5.65 Å². The summed E-state index contributed by atoms with van der Waals surface area (Å²) >= 11 is 6.24. The average molecular weight is 469 g/mol. The van der Waals surface area contributed by atoms with Crippen LogP contribution in [0.5, 0.6) is 0 Å². The Labute approximate surface area is 200 Å². The summed E-state index contributed by atoms with van der Waals surface area (Å²) in [5.41, 5.74) is 1.67. The first-order valence-electron chi connectivity index (χ1n) is 11.8. The predicted molar refractivity (Wildman–Crippen MR) is 133 cm³/mol. The summed E-state index contributed by atoms with van der Waals surface area (Å²) in [7, 11) is 0. The van der Waals surface area contributed by atoms with Gasteiger partial charge in [-0.05, 0) is 36.5 Å². The average Bonchev–Trinajstić information content (AvgIpc) is 3.21. The van der Waals surface area contributed by atoms with Crippen LogP contribution in [0.1, 0.15) is 46.4 Å². The van der Waals surface area contributed by atoms with Gasteiger partial charge in [0, 0.05) is 44.0 Å². The Bertz CT molecular complexity index is 1120. The summed E-state index contributed by atoms with van der Waals surface area (Å²) < 4.78 is 1.84. The molecule has 1 fully saturated rings. The fourth-order valence-electron chi connectivity index (χ4n) is 4.15. The van der Waals surface area contributed by atoms with Crippen LogP contribution < -0.4 is 4.90 Å². The van der Waals surface area contributed by atoms with Crippen molar-refractivity contribution >= 4 is 34.4 Å². The molecule has 8 heteroatoms. The van der Waals surface area contributed by atoms with E-state index in [1.807, 2.05) is 40.0 Å². The minimum Gasteiger partial charge on any atom is -0.352 e. The molecule has 1 saturated heterocycles. The van der Waals surface area contributed by atoms with E-state index in [2.05, 4.69) is 37.7 Å². The van der Waals surface area contributed by atoms with Gasteiger partial charge in [0.25, 0.3) is 0 Å². The maximum Gasteiger partial charge on any atom is 0.222 e. The normalized spacial score (nSPS) is 14.6. The monoisotopic (exact) mass is 468 g/mol. The molecule has 0 N–H and O–H groups in total. The van der Waals surface area contributed by atoms with Crippen molar-refractivity contribution in [1.82, 2.24) is 24.6 Å². The number of anilines is 1. The highest BCUT2D eigenvalue weighted by Gasteiger charge is 2.25. The van der Waals surface area contributed by atoms with Crippen LogP contribution in [0.25, 0.3) is 16.7 Å². The van der Waals surface area contributed by atoms with Gasteiger partial charge in [-0.25, -0.2) is 14.6 Å². The number of carbonyl (C=O) groups excluding carboxylic acids is 1. The van der Waals surface area contributed by atoms with E-state index in [4.69, 9.17) is 21.6 Å². The number of hydrogen-bond acceptors (Lipinski definition) is 5. The number of aromatic nitrogens is 4. The summed E-state index contributed by atoms with van der Waals surface area (Å²) in [5, 5.41) is 6.22. The highest BCUT2D eigenvalue weighted by molar-refractivity contribution is 6.30. The van der Waals surface area contributed by atoms with Gasteiger partial charge in [-0.1, -0.05) is 45.4 Å². The lowest BCUT2D eigenvalue weighted by Gasteiger charge is -2.36. The molecule has 1 aliphatic heterocycles. The van der Waals surface area contributed by atoms with Crippen LogP contribution in [0.15, 0.2) is 30.5 Å². The molecule has 0 atom stereocenters. The SMILES string of the molecule is CC(C)CCc1nc(N2CCN(C(=O)CC(C)C)CC2)c2cnn(-c3cccc(Cl)c3)c2n1. The standard InChI is InChI=1S/C25H33ClN6O/c1-17(2)8-9-22-28-24(31-12-10-30(11-13-31)23(33)14-18(3)4)21-16-27-32(25(21)29-22)20-7-5-6-19(26)15-20/h5-7,15-18H,8-14H2,1-4H3. The molecule has 0 aliphatic carbocycles. The molecule has 3 aromatic rings. The highest BCUT2D eigenvalue weighted by Crippen LogP contribution is 2.28. The third-order valence-electron chi connectivity index (χ3n) is 5.97. The molecule has 0 unspecified atom stereocenters. The van der Waals surface area contributed by atoms with Gasteiger partial charge >= 0.3 is 0 Å². The maximum atomic E-state index is 12.5. The zero-order chi connectivity index (χ0) is 23.5. The van der Waals surface area contributed by atoms with Crippen LogP contribution in [0.4, 0.5) is 5.82 Å². The number of rotatable bonds is 7. The van der Waals surface area contributed by atoms with E-state index in [-0.39, 0.29) is 5.91 Å². The molecular weight excluding hydrogens is 436 g/mol. The van der Waals surface area contributed by atoms with Crippen molar-refractivity contribution in [3.05, 3.63) is 41.3 Å². The van der Waals surface area contributed by atoms with Gasteiger partial charge < -0.3 is 9.80 Å². The molecular formula is C25H33ClN6O. The van der Waals surface area contributed by atoms with Crippen LogP contribution >= 0.6 is 11.6 Å². The Morgan fingerprint density at radius 1 is 1.06 bits per heavy atom. The second-order valence-electron chi connectivity index (χ2n) is 9.64. The van der Waals surface area contributed by atoms with Gasteiger partial charge in [0.05, 0.1) is 17.3 Å². The molecule has 1 aliphatic rings. The fourth-order valence-corrected chi connectivity index (χ4v) is 4.33. The van der Waals surface area contributed by atoms with Crippen LogP contribution in [0, 0.1) is 11.8 Å². The van der Waals surface area contributed by atoms with Gasteiger partial charge in [0.2, 0.25) is 5.91 Å². The summed E-state index contributed by atoms with van der Waals surface area (Å²) in [6, 6.07) is 7.64. The first-order chi connectivity index (χ1) is 15.8. The molecule has 2 aromatic heterocycles. The first kappa shape index (κ1) is 23.5. The molecule has 176 valence electrons. The lowest BCUT2D eigenvalue weighted by atomic mass is 10.1. The number of benzene rings is 1. The van der Waals surface area contributed by atoms with Gasteiger partial charge in [0.1, 0.15) is 11.6 Å². The molecule has 0 saturated carbocycles. The molecule has 1 amide bonds. The maximum absolute atomic E-state index is 12.5. The van der Waals surface area contributed by atoms with Gasteiger partial charge in [-0.3, -0.25) is 4.79 Å². The van der Waals surface area contributed by atoms with Crippen molar-refractivity contribution in [2.75, 3.05) is 31.1 Å². The topological polar surface area (TPSA) is 67.2 Å². The molecule has 0 bridgehead atoms. The van der Waals surface area contributed by atoms with Crippen LogP contribution in [0.3, 0.4) is 0 Å². The van der Waals surface area contributed by atoms with Crippen molar-refractivity contribution in [2.45, 2.75) is 47.0 Å². The van der Waals surface area contributed by atoms with E-state index < -0.39 is 0 Å². The molecule has 7 nitrogen and oxygen atoms in total. The second kappa shape index (κ2) is 10.1. The third kappa shape index (κ3) is 5.46. The minimum absolute atomic E-state index is 0.240. The van der Waals surface area contributed by atoms with Crippen molar-refractivity contribution < 1.29 is 4.79 Å². The van der Waals surface area contributed by atoms with Gasteiger partial charge in [-0.15, -0.1) is 0 Å². The number of amides is 1. The Kier molecular flexibility index (Phi) is 7.17. The highest BCUT2D eigenvalue weighted by atomic mass is 35.5. The smallest absolute Gasteiger partial charge is 0.222 e. The number of carbonyl (C=O) groups is 1. The van der Waals surface area contributed by atoms with E-state index in [1.165, 1.54) is 0 Å². The Morgan fingerprint density at radius 2 is 1.82 bits per heavy atom. The molecule has 1 aromatic carbocycles. The molecule has 33 heavy (non-hydrogen) atoms. The Hall–Kier alpha value is -2.67. The predicted octanol–water partition coefficient (Wildman–Crippen LogP) is 4.75. The Morgan fingerprint density at radius 3 is 2.48 bits per heavy atom. The number of hydrogen-bond donors (Lipinski definition) is 0. The molecule has 4 rings (SSSR count). The van der Waals surface area contributed by atoms with Crippen LogP contribution in [-0.2, 0) is 11.2 Å². The number of nitrogens with zero attached hydrogens (tertiary/aromatic N) is 6. The van der Waals surface area contributed by atoms with Crippen molar-refractivity contribution in [3.8, 4) is 5.69 Å². The summed E-state index contributed by atoms with van der Waals surface area (Å²) in [4.78, 5) is 26.6. The molecule has 3 heterocycles. The second-order valence-corrected chi connectivity index (χ2v) is 10.1. The van der Waals surface area contributed by atoms with Crippen LogP contribution in [0.2, 0.25) is 5.02 Å². The van der Waals surface area contributed by atoms with E-state index in [1.54, 1.807) is 0 Å². The molecule has 0 radical (unpaired) electrons. The zero-order valence-electron chi connectivity index (χ0n) is 20.0. The van der Waals surface area contributed by atoms with E-state index in [0.29, 0.717) is 36.4 Å². The summed E-state index contributed by atoms with van der Waals surface area (Å²) in [6.07, 6.45) is 4.28. The lowest BCUT2D eigenvalue weighted by Crippen LogP contribution is -2.49. The quantitative estimate of drug-likeness (QED) is 0.500. The van der Waals surface area contributed by atoms with Gasteiger partial charge in [-0.2, -0.15) is 5.10 Å². The van der Waals surface area contributed by atoms with Crippen molar-refractivity contribution in [1.29, 1.82) is 0 Å². The van der Waals surface area contributed by atoms with E-state index >= 15 is 0 Å². The third-order valence-corrected chi connectivity index (χ3v) is 6.20. The fraction of sp³-hybridized carbons (Fsp3) is 0.520. The van der Waals surface area contributed by atoms with Crippen molar-refractivity contribution in [3.63, 3.8) is 0 Å². The van der Waals surface area contributed by atoms with Crippen LogP contribution in [-0.4, -0.2) is 56.7 Å². The van der Waals surface area contributed by atoms with E-state index in [0.717, 1.165) is 54.3 Å². The lowest BCUT2D eigenvalue weighted by molar-refractivity contribution is -0.132. The number of piperazine rings is 1. The summed E-state index contributed by atoms with van der Waals surface area (Å²) in [6.45, 7) is 11.5. The minimum atomic E-state index is 0.240. The van der Waals surface area contributed by atoms with Crippen molar-refractivity contribution in [2.24, 2.45) is 11.8 Å². The number of fused-ring (bicyclic) bond motifs is 1. The largest absolute Gasteiger partial charge is 0.352 e. The zero-order valence-corrected chi connectivity index (χ0v) is 20.7. The van der Waals surface area contributed by atoms with E-state index in [9.17, 15) is 4.79 Å². The first-order valence-corrected chi connectivity index (χ1v) is 12.2. The Balaban J connectivity index is 1.66. The number of aryl methyl sites for hydroxylation is 1. The number of halogens is 1. The molecule has 0 spiro atoms.